The van der Waals surface area contributed by atoms with Gasteiger partial charge < -0.3 is 15.4 Å². The fraction of sp³-hybridized carbons (Fsp3) is 0.429. The Kier molecular flexibility index (Phi) is 14.1. The molecule has 0 heterocycles. The maximum atomic E-state index is 5.92. The van der Waals surface area contributed by atoms with Crippen LogP contribution in [0.5, 0.6) is 5.75 Å². The number of hydrogen-bond acceptors (Lipinski definition) is 3. The number of rotatable bonds is 11. The molecule has 0 spiro atoms. The summed E-state index contributed by atoms with van der Waals surface area (Å²) < 4.78 is 5.92. The summed E-state index contributed by atoms with van der Waals surface area (Å²) in [7, 11) is 1.99. The Morgan fingerprint density at radius 2 is 1.69 bits per heavy atom. The average molecular weight is 399 g/mol. The van der Waals surface area contributed by atoms with Crippen LogP contribution in [-0.4, -0.2) is 26.7 Å². The Labute approximate surface area is 170 Å². The monoisotopic (exact) mass is 398 g/mol. The first-order valence-corrected chi connectivity index (χ1v) is 8.94. The second-order valence-electron chi connectivity index (χ2n) is 6.14. The first kappa shape index (κ1) is 24.7. The molecule has 2 rings (SSSR count). The Morgan fingerprint density at radius 3 is 2.42 bits per heavy atom. The molecule has 26 heavy (non-hydrogen) atoms. The molecule has 0 aliphatic heterocycles. The second kappa shape index (κ2) is 14.9. The van der Waals surface area contributed by atoms with Gasteiger partial charge in [0.15, 0.2) is 0 Å². The average Bonchev–Trinajstić information content (AvgIpc) is 2.63. The van der Waals surface area contributed by atoms with Crippen molar-refractivity contribution >= 4 is 24.8 Å². The van der Waals surface area contributed by atoms with Gasteiger partial charge in [0.05, 0.1) is 6.61 Å². The summed E-state index contributed by atoms with van der Waals surface area (Å²) in [6.45, 7) is 5.02. The van der Waals surface area contributed by atoms with Crippen LogP contribution in [0.3, 0.4) is 0 Å². The number of halogens is 2. The number of hydrogen-bond donors (Lipinski definition) is 2. The minimum atomic E-state index is 0. The lowest BCUT2D eigenvalue weighted by molar-refractivity contribution is 0.310. The molecule has 5 heteroatoms. The van der Waals surface area contributed by atoms with Gasteiger partial charge in [0, 0.05) is 6.04 Å². The van der Waals surface area contributed by atoms with E-state index in [0.717, 1.165) is 44.7 Å². The summed E-state index contributed by atoms with van der Waals surface area (Å²) >= 11 is 0. The molecule has 0 radical (unpaired) electrons. The van der Waals surface area contributed by atoms with E-state index in [1.807, 2.05) is 13.1 Å². The molecule has 1 unspecified atom stereocenters. The highest BCUT2D eigenvalue weighted by Gasteiger charge is 2.05. The highest BCUT2D eigenvalue weighted by Crippen LogP contribution is 2.19. The van der Waals surface area contributed by atoms with Gasteiger partial charge in [-0.05, 0) is 69.6 Å². The normalized spacial score (nSPS) is 11.2. The van der Waals surface area contributed by atoms with Crippen molar-refractivity contribution in [3.05, 3.63) is 65.7 Å². The molecule has 1 atom stereocenters. The van der Waals surface area contributed by atoms with Gasteiger partial charge in [-0.1, -0.05) is 42.5 Å². The highest BCUT2D eigenvalue weighted by molar-refractivity contribution is 5.85. The van der Waals surface area contributed by atoms with Gasteiger partial charge >= 0.3 is 0 Å². The molecule has 0 fully saturated rings. The topological polar surface area (TPSA) is 33.3 Å². The zero-order valence-corrected chi connectivity index (χ0v) is 17.4. The van der Waals surface area contributed by atoms with Crippen LogP contribution in [0.1, 0.15) is 36.9 Å². The molecule has 0 bridgehead atoms. The van der Waals surface area contributed by atoms with E-state index < -0.39 is 0 Å². The van der Waals surface area contributed by atoms with E-state index >= 15 is 0 Å². The van der Waals surface area contributed by atoms with E-state index in [1.54, 1.807) is 0 Å². The SMILES string of the molecule is CNCCCNC(C)c1cccc(OCCCc2ccccc2)c1.Cl.Cl. The van der Waals surface area contributed by atoms with Gasteiger partial charge in [-0.25, -0.2) is 0 Å². The van der Waals surface area contributed by atoms with Crippen LogP contribution in [0.25, 0.3) is 0 Å². The number of aryl methyl sites for hydroxylation is 1. The van der Waals surface area contributed by atoms with Gasteiger partial charge in [-0.2, -0.15) is 0 Å². The quantitative estimate of drug-likeness (QED) is 0.533. The molecule has 0 aromatic heterocycles. The molecular formula is C21H32Cl2N2O. The first-order chi connectivity index (χ1) is 11.8. The summed E-state index contributed by atoms with van der Waals surface area (Å²) in [5, 5.41) is 6.72. The van der Waals surface area contributed by atoms with Crippen LogP contribution in [-0.2, 0) is 6.42 Å². The van der Waals surface area contributed by atoms with Gasteiger partial charge in [0.1, 0.15) is 5.75 Å². The van der Waals surface area contributed by atoms with Crippen molar-refractivity contribution < 1.29 is 4.74 Å². The Hall–Kier alpha value is -1.26. The summed E-state index contributed by atoms with van der Waals surface area (Å²) in [4.78, 5) is 0. The van der Waals surface area contributed by atoms with Crippen LogP contribution < -0.4 is 15.4 Å². The minimum absolute atomic E-state index is 0. The molecule has 0 saturated carbocycles. The molecule has 2 N–H and O–H groups in total. The van der Waals surface area contributed by atoms with E-state index in [4.69, 9.17) is 4.74 Å². The zero-order valence-electron chi connectivity index (χ0n) is 15.7. The van der Waals surface area contributed by atoms with Crippen LogP contribution in [0, 0.1) is 0 Å². The summed E-state index contributed by atoms with van der Waals surface area (Å²) in [5.74, 6) is 0.962. The molecule has 0 amide bonds. The van der Waals surface area contributed by atoms with Gasteiger partial charge in [-0.3, -0.25) is 0 Å². The van der Waals surface area contributed by atoms with Crippen LogP contribution in [0.2, 0.25) is 0 Å². The number of ether oxygens (including phenoxy) is 1. The molecular weight excluding hydrogens is 367 g/mol. The molecule has 0 aliphatic carbocycles. The van der Waals surface area contributed by atoms with Crippen molar-refractivity contribution in [2.45, 2.75) is 32.2 Å². The van der Waals surface area contributed by atoms with Crippen LogP contribution in [0.15, 0.2) is 54.6 Å². The van der Waals surface area contributed by atoms with E-state index in [0.29, 0.717) is 6.04 Å². The van der Waals surface area contributed by atoms with Crippen molar-refractivity contribution in [3.8, 4) is 5.75 Å². The standard InChI is InChI=1S/C21H30N2O.2ClH/c1-18(23-15-8-14-22-2)20-12-6-13-21(17-20)24-16-7-11-19-9-4-3-5-10-19;;/h3-6,9-10,12-13,17-18,22-23H,7-8,11,14-16H2,1-2H3;2*1H. The van der Waals surface area contributed by atoms with Crippen molar-refractivity contribution in [1.82, 2.24) is 10.6 Å². The molecule has 2 aromatic rings. The Bertz CT molecular complexity index is 581. The smallest absolute Gasteiger partial charge is 0.119 e. The fourth-order valence-electron chi connectivity index (χ4n) is 2.69. The van der Waals surface area contributed by atoms with Crippen molar-refractivity contribution in [3.63, 3.8) is 0 Å². The Morgan fingerprint density at radius 1 is 0.923 bits per heavy atom. The zero-order chi connectivity index (χ0) is 17.0. The first-order valence-electron chi connectivity index (χ1n) is 8.94. The van der Waals surface area contributed by atoms with Gasteiger partial charge in [-0.15, -0.1) is 24.8 Å². The van der Waals surface area contributed by atoms with Crippen molar-refractivity contribution in [1.29, 1.82) is 0 Å². The Balaban J connectivity index is 0.00000312. The van der Waals surface area contributed by atoms with Crippen LogP contribution in [0.4, 0.5) is 0 Å². The summed E-state index contributed by atoms with van der Waals surface area (Å²) in [6.07, 6.45) is 3.23. The second-order valence-corrected chi connectivity index (χ2v) is 6.14. The third-order valence-electron chi connectivity index (χ3n) is 4.13. The van der Waals surface area contributed by atoms with E-state index in [2.05, 4.69) is 66.1 Å². The number of nitrogens with one attached hydrogen (secondary N) is 2. The lowest BCUT2D eigenvalue weighted by Gasteiger charge is -2.15. The lowest BCUT2D eigenvalue weighted by Crippen LogP contribution is -2.22. The van der Waals surface area contributed by atoms with E-state index in [1.165, 1.54) is 11.1 Å². The van der Waals surface area contributed by atoms with Crippen molar-refractivity contribution in [2.75, 3.05) is 26.7 Å². The molecule has 0 aliphatic rings. The van der Waals surface area contributed by atoms with Crippen molar-refractivity contribution in [2.24, 2.45) is 0 Å². The summed E-state index contributed by atoms with van der Waals surface area (Å²) in [5.41, 5.74) is 2.65. The fourth-order valence-corrected chi connectivity index (χ4v) is 2.69. The molecule has 146 valence electrons. The van der Waals surface area contributed by atoms with E-state index in [-0.39, 0.29) is 24.8 Å². The maximum Gasteiger partial charge on any atom is 0.119 e. The molecule has 2 aromatic carbocycles. The van der Waals surface area contributed by atoms with Gasteiger partial charge in [0.25, 0.3) is 0 Å². The molecule has 0 saturated heterocycles. The third-order valence-corrected chi connectivity index (χ3v) is 4.13. The summed E-state index contributed by atoms with van der Waals surface area (Å²) in [6, 6.07) is 19.3. The van der Waals surface area contributed by atoms with Crippen LogP contribution >= 0.6 is 24.8 Å². The lowest BCUT2D eigenvalue weighted by atomic mass is 10.1. The predicted molar refractivity (Wildman–Crippen MR) is 116 cm³/mol. The largest absolute Gasteiger partial charge is 0.494 e. The third kappa shape index (κ3) is 9.44. The minimum Gasteiger partial charge on any atom is -0.494 e. The van der Waals surface area contributed by atoms with E-state index in [9.17, 15) is 0 Å². The number of benzene rings is 2. The highest BCUT2D eigenvalue weighted by atomic mass is 35.5. The predicted octanol–water partition coefficient (Wildman–Crippen LogP) is 4.80. The van der Waals surface area contributed by atoms with Gasteiger partial charge in [0.2, 0.25) is 0 Å². The maximum absolute atomic E-state index is 5.92. The molecule has 3 nitrogen and oxygen atoms in total.